The molecule has 0 spiro atoms. The van der Waals surface area contributed by atoms with E-state index in [4.69, 9.17) is 4.52 Å². The summed E-state index contributed by atoms with van der Waals surface area (Å²) in [5.41, 5.74) is 0.982. The fraction of sp³-hybridized carbons (Fsp3) is 0.538. The van der Waals surface area contributed by atoms with Crippen molar-refractivity contribution in [1.29, 1.82) is 0 Å². The first-order chi connectivity index (χ1) is 8.85. The summed E-state index contributed by atoms with van der Waals surface area (Å²) >= 11 is 0. The molecule has 0 radical (unpaired) electrons. The third kappa shape index (κ3) is 2.61. The van der Waals surface area contributed by atoms with Crippen LogP contribution in [-0.2, 0) is 19.5 Å². The predicted molar refractivity (Wildman–Crippen MR) is 67.1 cm³/mol. The van der Waals surface area contributed by atoms with Gasteiger partial charge >= 0.3 is 0 Å². The van der Waals surface area contributed by atoms with Gasteiger partial charge in [0.25, 0.3) is 0 Å². The van der Waals surface area contributed by atoms with E-state index in [1.165, 1.54) is 12.8 Å². The summed E-state index contributed by atoms with van der Waals surface area (Å²) in [4.78, 5) is 4.29. The molecule has 1 fully saturated rings. The molecular formula is C13H18N4O. The molecule has 5 nitrogen and oxygen atoms in total. The Balaban J connectivity index is 1.61. The number of imidazole rings is 1. The van der Waals surface area contributed by atoms with Crippen molar-refractivity contribution < 1.29 is 4.52 Å². The van der Waals surface area contributed by atoms with Crippen LogP contribution < -0.4 is 5.32 Å². The number of rotatable bonds is 6. The van der Waals surface area contributed by atoms with Gasteiger partial charge in [-0.3, -0.25) is 0 Å². The molecule has 18 heavy (non-hydrogen) atoms. The number of nitrogens with zero attached hydrogens (tertiary/aromatic N) is 3. The van der Waals surface area contributed by atoms with E-state index in [-0.39, 0.29) is 0 Å². The van der Waals surface area contributed by atoms with Crippen LogP contribution in [0.3, 0.4) is 0 Å². The lowest BCUT2D eigenvalue weighted by Gasteiger charge is -2.02. The molecule has 0 saturated heterocycles. The van der Waals surface area contributed by atoms with Crippen molar-refractivity contribution in [2.75, 3.05) is 0 Å². The molecule has 1 N–H and O–H groups in total. The zero-order valence-electron chi connectivity index (χ0n) is 10.6. The molecule has 5 heteroatoms. The first-order valence-electron chi connectivity index (χ1n) is 6.53. The molecule has 0 aliphatic heterocycles. The monoisotopic (exact) mass is 246 g/mol. The molecule has 1 aliphatic carbocycles. The second-order valence-corrected chi connectivity index (χ2v) is 4.76. The molecule has 3 rings (SSSR count). The molecular weight excluding hydrogens is 228 g/mol. The summed E-state index contributed by atoms with van der Waals surface area (Å²) in [7, 11) is 0. The summed E-state index contributed by atoms with van der Waals surface area (Å²) in [5, 5.41) is 7.51. The van der Waals surface area contributed by atoms with Crippen molar-refractivity contribution in [2.24, 2.45) is 0 Å². The van der Waals surface area contributed by atoms with E-state index >= 15 is 0 Å². The Morgan fingerprint density at radius 2 is 2.39 bits per heavy atom. The van der Waals surface area contributed by atoms with Gasteiger partial charge in [0.15, 0.2) is 5.76 Å². The quantitative estimate of drug-likeness (QED) is 0.843. The largest absolute Gasteiger partial charge is 0.359 e. The summed E-state index contributed by atoms with van der Waals surface area (Å²) in [6.07, 6.45) is 7.31. The second-order valence-electron chi connectivity index (χ2n) is 4.76. The molecule has 2 aromatic heterocycles. The number of hydrogen-bond donors (Lipinski definition) is 1. The first kappa shape index (κ1) is 11.5. The highest BCUT2D eigenvalue weighted by Crippen LogP contribution is 2.19. The average Bonchev–Trinajstić information content (AvgIpc) is 2.93. The Hall–Kier alpha value is -1.62. The van der Waals surface area contributed by atoms with E-state index in [0.29, 0.717) is 12.6 Å². The SMILES string of the molecule is CCc1nccn1Cc1cc(CNC2CC2)no1. The lowest BCUT2D eigenvalue weighted by atomic mass is 10.3. The average molecular weight is 246 g/mol. The Morgan fingerprint density at radius 3 is 3.17 bits per heavy atom. The van der Waals surface area contributed by atoms with Gasteiger partial charge in [0, 0.05) is 37.5 Å². The third-order valence-corrected chi connectivity index (χ3v) is 3.20. The van der Waals surface area contributed by atoms with Gasteiger partial charge in [-0.15, -0.1) is 0 Å². The van der Waals surface area contributed by atoms with Gasteiger partial charge in [-0.2, -0.15) is 0 Å². The van der Waals surface area contributed by atoms with E-state index < -0.39 is 0 Å². The van der Waals surface area contributed by atoms with Crippen LogP contribution in [-0.4, -0.2) is 20.7 Å². The van der Waals surface area contributed by atoms with Crippen LogP contribution in [0.25, 0.3) is 0 Å². The minimum atomic E-state index is 0.700. The molecule has 0 atom stereocenters. The van der Waals surface area contributed by atoms with Gasteiger partial charge in [0.05, 0.1) is 12.2 Å². The summed E-state index contributed by atoms with van der Waals surface area (Å²) in [6, 6.07) is 2.72. The zero-order valence-corrected chi connectivity index (χ0v) is 10.6. The third-order valence-electron chi connectivity index (χ3n) is 3.20. The van der Waals surface area contributed by atoms with Crippen molar-refractivity contribution in [3.63, 3.8) is 0 Å². The fourth-order valence-corrected chi connectivity index (χ4v) is 2.02. The molecule has 0 unspecified atom stereocenters. The van der Waals surface area contributed by atoms with Crippen LogP contribution in [0.1, 0.15) is 37.0 Å². The van der Waals surface area contributed by atoms with Crippen LogP contribution >= 0.6 is 0 Å². The summed E-state index contributed by atoms with van der Waals surface area (Å²) in [6.45, 7) is 3.61. The minimum absolute atomic E-state index is 0.700. The van der Waals surface area contributed by atoms with Crippen LogP contribution in [0.4, 0.5) is 0 Å². The maximum Gasteiger partial charge on any atom is 0.156 e. The highest BCUT2D eigenvalue weighted by atomic mass is 16.5. The van der Waals surface area contributed by atoms with Crippen molar-refractivity contribution in [1.82, 2.24) is 20.0 Å². The van der Waals surface area contributed by atoms with Gasteiger partial charge in [-0.1, -0.05) is 12.1 Å². The molecule has 1 aliphatic rings. The van der Waals surface area contributed by atoms with Crippen molar-refractivity contribution in [3.8, 4) is 0 Å². The Kier molecular flexibility index (Phi) is 3.15. The number of nitrogens with one attached hydrogen (secondary N) is 1. The van der Waals surface area contributed by atoms with Gasteiger partial charge in [-0.25, -0.2) is 4.98 Å². The van der Waals surface area contributed by atoms with Gasteiger partial charge in [-0.05, 0) is 12.8 Å². The van der Waals surface area contributed by atoms with Gasteiger partial charge < -0.3 is 14.4 Å². The Morgan fingerprint density at radius 1 is 1.50 bits per heavy atom. The highest BCUT2D eigenvalue weighted by Gasteiger charge is 2.20. The molecule has 96 valence electrons. The van der Waals surface area contributed by atoms with Crippen LogP contribution in [0.15, 0.2) is 23.0 Å². The molecule has 2 heterocycles. The van der Waals surface area contributed by atoms with Crippen molar-refractivity contribution in [2.45, 2.75) is 45.3 Å². The molecule has 1 saturated carbocycles. The van der Waals surface area contributed by atoms with Crippen LogP contribution in [0.2, 0.25) is 0 Å². The van der Waals surface area contributed by atoms with Crippen LogP contribution in [0.5, 0.6) is 0 Å². The van der Waals surface area contributed by atoms with Gasteiger partial charge in [0.2, 0.25) is 0 Å². The Labute approximate surface area is 106 Å². The smallest absolute Gasteiger partial charge is 0.156 e. The Bertz CT molecular complexity index is 513. The lowest BCUT2D eigenvalue weighted by Crippen LogP contribution is -2.15. The predicted octanol–water partition coefficient (Wildman–Crippen LogP) is 1.73. The number of aromatic nitrogens is 3. The first-order valence-corrected chi connectivity index (χ1v) is 6.53. The maximum atomic E-state index is 5.35. The fourth-order valence-electron chi connectivity index (χ4n) is 2.02. The second kappa shape index (κ2) is 4.94. The standard InChI is InChI=1S/C13H18N4O/c1-2-13-14-5-6-17(13)9-12-7-11(16-18-12)8-15-10-3-4-10/h5-7,10,15H,2-4,8-9H2,1H3. The summed E-state index contributed by atoms with van der Waals surface area (Å²) in [5.74, 6) is 1.96. The van der Waals surface area contributed by atoms with E-state index in [2.05, 4.69) is 26.9 Å². The van der Waals surface area contributed by atoms with Gasteiger partial charge in [0.1, 0.15) is 5.82 Å². The van der Waals surface area contributed by atoms with E-state index in [1.54, 1.807) is 0 Å². The lowest BCUT2D eigenvalue weighted by molar-refractivity contribution is 0.367. The topological polar surface area (TPSA) is 55.9 Å². The summed E-state index contributed by atoms with van der Waals surface area (Å²) < 4.78 is 7.45. The maximum absolute atomic E-state index is 5.35. The van der Waals surface area contributed by atoms with Crippen molar-refractivity contribution >= 4 is 0 Å². The normalized spacial score (nSPS) is 15.2. The zero-order chi connectivity index (χ0) is 12.4. The van der Waals surface area contributed by atoms with E-state index in [9.17, 15) is 0 Å². The van der Waals surface area contributed by atoms with Crippen molar-refractivity contribution in [3.05, 3.63) is 35.7 Å². The number of aryl methyl sites for hydroxylation is 1. The van der Waals surface area contributed by atoms with E-state index in [1.807, 2.05) is 18.5 Å². The highest BCUT2D eigenvalue weighted by molar-refractivity contribution is 5.07. The van der Waals surface area contributed by atoms with E-state index in [0.717, 1.165) is 30.2 Å². The molecule has 0 amide bonds. The molecule has 0 aromatic carbocycles. The molecule has 2 aromatic rings. The number of hydrogen-bond acceptors (Lipinski definition) is 4. The minimum Gasteiger partial charge on any atom is -0.359 e. The molecule has 0 bridgehead atoms. The van der Waals surface area contributed by atoms with Crippen LogP contribution in [0, 0.1) is 0 Å².